The maximum Gasteiger partial charge on any atom is 0.341 e. The number of esters is 1. The van der Waals surface area contributed by atoms with Crippen molar-refractivity contribution in [3.8, 4) is 5.69 Å². The summed E-state index contributed by atoms with van der Waals surface area (Å²) in [6.45, 7) is 0.156. The van der Waals surface area contributed by atoms with Gasteiger partial charge in [-0.25, -0.2) is 9.48 Å². The lowest BCUT2D eigenvalue weighted by molar-refractivity contribution is 0.0595. The standard InChI is InChI=1S/C16H12Cl3N3O3/c1-24-7-12-9(16(23)25-2)6-21-22(12)11-3-4-20-15-8(11)5-10(17)13(18)14(15)19/h3-6H,7H2,1-2H3. The van der Waals surface area contributed by atoms with E-state index in [1.54, 1.807) is 23.0 Å². The van der Waals surface area contributed by atoms with Crippen LogP contribution in [-0.2, 0) is 16.1 Å². The Morgan fingerprint density at radius 2 is 2.00 bits per heavy atom. The minimum Gasteiger partial charge on any atom is -0.465 e. The lowest BCUT2D eigenvalue weighted by Gasteiger charge is -2.12. The predicted octanol–water partition coefficient (Wildman–Crippen LogP) is 4.31. The predicted molar refractivity (Wildman–Crippen MR) is 95.9 cm³/mol. The molecule has 6 nitrogen and oxygen atoms in total. The Kier molecular flexibility index (Phi) is 5.15. The van der Waals surface area contributed by atoms with Crippen LogP contribution in [0.15, 0.2) is 24.5 Å². The summed E-state index contributed by atoms with van der Waals surface area (Å²) in [5.41, 5.74) is 1.95. The first-order chi connectivity index (χ1) is 12.0. The third-order valence-electron chi connectivity index (χ3n) is 3.63. The first-order valence-corrected chi connectivity index (χ1v) is 8.19. The zero-order valence-electron chi connectivity index (χ0n) is 13.2. The topological polar surface area (TPSA) is 66.2 Å². The van der Waals surface area contributed by atoms with Crippen LogP contribution >= 0.6 is 34.8 Å². The number of carbonyl (C=O) groups excluding carboxylic acids is 1. The van der Waals surface area contributed by atoms with Crippen molar-refractivity contribution in [2.45, 2.75) is 6.61 Å². The van der Waals surface area contributed by atoms with Crippen molar-refractivity contribution in [1.82, 2.24) is 14.8 Å². The average Bonchev–Trinajstić information content (AvgIpc) is 3.02. The fourth-order valence-electron chi connectivity index (χ4n) is 2.50. The number of ether oxygens (including phenoxy) is 2. The van der Waals surface area contributed by atoms with Gasteiger partial charge in [0.1, 0.15) is 5.56 Å². The zero-order valence-corrected chi connectivity index (χ0v) is 15.5. The van der Waals surface area contributed by atoms with Crippen molar-refractivity contribution in [2.24, 2.45) is 0 Å². The van der Waals surface area contributed by atoms with Crippen LogP contribution in [0.1, 0.15) is 16.1 Å². The SMILES string of the molecule is COCc1c(C(=O)OC)cnn1-c1ccnc2c(Cl)c(Cl)c(Cl)cc12. The minimum atomic E-state index is -0.504. The molecule has 0 saturated heterocycles. The van der Waals surface area contributed by atoms with Crippen molar-refractivity contribution in [2.75, 3.05) is 14.2 Å². The number of hydrogen-bond donors (Lipinski definition) is 0. The molecule has 0 bridgehead atoms. The Balaban J connectivity index is 2.30. The maximum atomic E-state index is 12.0. The molecule has 3 aromatic rings. The Labute approximate surface area is 158 Å². The summed E-state index contributed by atoms with van der Waals surface area (Å²) in [7, 11) is 2.83. The monoisotopic (exact) mass is 399 g/mol. The van der Waals surface area contributed by atoms with E-state index in [1.165, 1.54) is 20.4 Å². The van der Waals surface area contributed by atoms with Gasteiger partial charge < -0.3 is 9.47 Å². The second-order valence-electron chi connectivity index (χ2n) is 5.05. The van der Waals surface area contributed by atoms with Gasteiger partial charge in [-0.15, -0.1) is 0 Å². The second kappa shape index (κ2) is 7.17. The van der Waals surface area contributed by atoms with Crippen molar-refractivity contribution in [1.29, 1.82) is 0 Å². The maximum absolute atomic E-state index is 12.0. The summed E-state index contributed by atoms with van der Waals surface area (Å²) in [6, 6.07) is 3.39. The van der Waals surface area contributed by atoms with E-state index in [0.29, 0.717) is 32.9 Å². The van der Waals surface area contributed by atoms with Crippen LogP contribution in [0.5, 0.6) is 0 Å². The molecule has 130 valence electrons. The first-order valence-electron chi connectivity index (χ1n) is 7.06. The molecule has 2 aromatic heterocycles. The summed E-state index contributed by atoms with van der Waals surface area (Å²) in [5.74, 6) is -0.504. The number of methoxy groups -OCH3 is 2. The van der Waals surface area contributed by atoms with Crippen molar-refractivity contribution in [3.63, 3.8) is 0 Å². The van der Waals surface area contributed by atoms with E-state index in [-0.39, 0.29) is 16.7 Å². The summed E-state index contributed by atoms with van der Waals surface area (Å²) in [6.07, 6.45) is 3.00. The molecule has 0 fully saturated rings. The summed E-state index contributed by atoms with van der Waals surface area (Å²) in [5, 5.41) is 5.71. The number of hydrogen-bond acceptors (Lipinski definition) is 5. The third-order valence-corrected chi connectivity index (χ3v) is 4.88. The lowest BCUT2D eigenvalue weighted by Crippen LogP contribution is -2.09. The molecule has 1 aromatic carbocycles. The number of rotatable bonds is 4. The molecule has 0 amide bonds. The summed E-state index contributed by atoms with van der Waals surface area (Å²) < 4.78 is 11.6. The molecule has 0 atom stereocenters. The highest BCUT2D eigenvalue weighted by molar-refractivity contribution is 6.50. The fourth-order valence-corrected chi connectivity index (χ4v) is 3.15. The van der Waals surface area contributed by atoms with Crippen LogP contribution in [0.3, 0.4) is 0 Å². The van der Waals surface area contributed by atoms with E-state index in [4.69, 9.17) is 44.3 Å². The normalized spacial score (nSPS) is 11.1. The number of benzene rings is 1. The first kappa shape index (κ1) is 17.9. The quantitative estimate of drug-likeness (QED) is 0.482. The van der Waals surface area contributed by atoms with Crippen LogP contribution in [-0.4, -0.2) is 35.0 Å². The molecule has 9 heteroatoms. The van der Waals surface area contributed by atoms with Gasteiger partial charge in [0.05, 0.1) is 51.9 Å². The van der Waals surface area contributed by atoms with Gasteiger partial charge in [-0.3, -0.25) is 4.98 Å². The smallest absolute Gasteiger partial charge is 0.341 e. The van der Waals surface area contributed by atoms with Gasteiger partial charge in [0.2, 0.25) is 0 Å². The molecule has 0 radical (unpaired) electrons. The third kappa shape index (κ3) is 3.06. The molecule has 0 aliphatic heterocycles. The van der Waals surface area contributed by atoms with Crippen LogP contribution < -0.4 is 0 Å². The van der Waals surface area contributed by atoms with Crippen LogP contribution in [0.2, 0.25) is 15.1 Å². The van der Waals surface area contributed by atoms with Gasteiger partial charge in [-0.05, 0) is 12.1 Å². The highest BCUT2D eigenvalue weighted by atomic mass is 35.5. The Bertz CT molecular complexity index is 972. The Morgan fingerprint density at radius 1 is 1.24 bits per heavy atom. The van der Waals surface area contributed by atoms with E-state index in [9.17, 15) is 4.79 Å². The van der Waals surface area contributed by atoms with Gasteiger partial charge in [0.15, 0.2) is 0 Å². The Morgan fingerprint density at radius 3 is 2.68 bits per heavy atom. The molecule has 0 saturated carbocycles. The zero-order chi connectivity index (χ0) is 18.1. The van der Waals surface area contributed by atoms with Gasteiger partial charge in [0.25, 0.3) is 0 Å². The minimum absolute atomic E-state index is 0.156. The highest BCUT2D eigenvalue weighted by Crippen LogP contribution is 2.38. The molecular weight excluding hydrogens is 389 g/mol. The van der Waals surface area contributed by atoms with Crippen molar-refractivity contribution < 1.29 is 14.3 Å². The number of carbonyl (C=O) groups is 1. The van der Waals surface area contributed by atoms with E-state index in [1.807, 2.05) is 0 Å². The highest BCUT2D eigenvalue weighted by Gasteiger charge is 2.21. The number of fused-ring (bicyclic) bond motifs is 1. The average molecular weight is 401 g/mol. The number of halogens is 3. The van der Waals surface area contributed by atoms with Crippen LogP contribution in [0, 0.1) is 0 Å². The van der Waals surface area contributed by atoms with Crippen LogP contribution in [0.25, 0.3) is 16.6 Å². The molecular formula is C16H12Cl3N3O3. The van der Waals surface area contributed by atoms with Crippen molar-refractivity contribution >= 4 is 51.7 Å². The molecule has 0 aliphatic rings. The molecule has 0 aliphatic carbocycles. The number of aromatic nitrogens is 3. The van der Waals surface area contributed by atoms with Gasteiger partial charge in [-0.1, -0.05) is 34.8 Å². The second-order valence-corrected chi connectivity index (χ2v) is 6.22. The number of pyridine rings is 1. The van der Waals surface area contributed by atoms with E-state index >= 15 is 0 Å². The largest absolute Gasteiger partial charge is 0.465 e. The Hall–Kier alpha value is -1.86. The van der Waals surface area contributed by atoms with Crippen LogP contribution in [0.4, 0.5) is 0 Å². The number of nitrogens with zero attached hydrogens (tertiary/aromatic N) is 3. The fraction of sp³-hybridized carbons (Fsp3) is 0.188. The van der Waals surface area contributed by atoms with Gasteiger partial charge >= 0.3 is 5.97 Å². The molecule has 0 N–H and O–H groups in total. The molecule has 25 heavy (non-hydrogen) atoms. The molecule has 2 heterocycles. The van der Waals surface area contributed by atoms with E-state index in [0.717, 1.165) is 0 Å². The molecule has 3 rings (SSSR count). The molecule has 0 spiro atoms. The van der Waals surface area contributed by atoms with Gasteiger partial charge in [-0.2, -0.15) is 5.10 Å². The summed E-state index contributed by atoms with van der Waals surface area (Å²) in [4.78, 5) is 16.2. The van der Waals surface area contributed by atoms with Crippen molar-refractivity contribution in [3.05, 3.63) is 50.9 Å². The van der Waals surface area contributed by atoms with E-state index < -0.39 is 5.97 Å². The van der Waals surface area contributed by atoms with Gasteiger partial charge in [0, 0.05) is 18.7 Å². The summed E-state index contributed by atoms with van der Waals surface area (Å²) >= 11 is 18.5. The lowest BCUT2D eigenvalue weighted by atomic mass is 10.1. The molecule has 0 unspecified atom stereocenters. The van der Waals surface area contributed by atoms with E-state index in [2.05, 4.69) is 10.1 Å².